The minimum Gasteiger partial charge on any atom is -0.385 e. The zero-order valence-corrected chi connectivity index (χ0v) is 12.2. The highest BCUT2D eigenvalue weighted by molar-refractivity contribution is 6.31. The van der Waals surface area contributed by atoms with Crippen molar-refractivity contribution >= 4 is 11.6 Å². The third kappa shape index (κ3) is 3.17. The maximum absolute atomic E-state index is 10.6. The second kappa shape index (κ2) is 5.35. The van der Waals surface area contributed by atoms with Gasteiger partial charge in [-0.15, -0.1) is 0 Å². The Labute approximate surface area is 118 Å². The monoisotopic (exact) mass is 278 g/mol. The first kappa shape index (κ1) is 14.1. The van der Waals surface area contributed by atoms with E-state index in [-0.39, 0.29) is 0 Å². The molecule has 0 aliphatic carbocycles. The molecule has 1 aromatic heterocycles. The standard InChI is InChI=1S/C15H19ClN2O/c1-11(2)18-9-8-12(17-18)10-15(3,19)13-6-4-5-7-14(13)16/h4-9,11,19H,10H2,1-3H3. The van der Waals surface area contributed by atoms with Gasteiger partial charge < -0.3 is 5.11 Å². The predicted molar refractivity (Wildman–Crippen MR) is 77.3 cm³/mol. The van der Waals surface area contributed by atoms with Gasteiger partial charge in [-0.1, -0.05) is 29.8 Å². The number of aromatic nitrogens is 2. The number of halogens is 1. The van der Waals surface area contributed by atoms with Crippen LogP contribution < -0.4 is 0 Å². The summed E-state index contributed by atoms with van der Waals surface area (Å²) in [6.07, 6.45) is 2.37. The molecule has 0 spiro atoms. The van der Waals surface area contributed by atoms with Crippen LogP contribution in [0.2, 0.25) is 5.02 Å². The highest BCUT2D eigenvalue weighted by Gasteiger charge is 2.27. The third-order valence-corrected chi connectivity index (χ3v) is 3.50. The molecule has 0 aliphatic heterocycles. The zero-order valence-electron chi connectivity index (χ0n) is 11.5. The van der Waals surface area contributed by atoms with Crippen LogP contribution in [-0.2, 0) is 12.0 Å². The van der Waals surface area contributed by atoms with Gasteiger partial charge in [0, 0.05) is 29.2 Å². The molecule has 0 saturated carbocycles. The molecule has 1 heterocycles. The summed E-state index contributed by atoms with van der Waals surface area (Å²) in [7, 11) is 0. The Morgan fingerprint density at radius 3 is 2.58 bits per heavy atom. The van der Waals surface area contributed by atoms with Crippen molar-refractivity contribution in [2.45, 2.75) is 38.8 Å². The lowest BCUT2D eigenvalue weighted by Crippen LogP contribution is -2.25. The average Bonchev–Trinajstić information content (AvgIpc) is 2.77. The Kier molecular flexibility index (Phi) is 3.97. The fraction of sp³-hybridized carbons (Fsp3) is 0.400. The van der Waals surface area contributed by atoms with E-state index in [2.05, 4.69) is 18.9 Å². The first-order valence-electron chi connectivity index (χ1n) is 6.41. The van der Waals surface area contributed by atoms with Crippen molar-refractivity contribution in [3.05, 3.63) is 52.8 Å². The highest BCUT2D eigenvalue weighted by Crippen LogP contribution is 2.30. The van der Waals surface area contributed by atoms with Crippen molar-refractivity contribution in [3.63, 3.8) is 0 Å². The molecular formula is C15H19ClN2O. The number of hydrogen-bond donors (Lipinski definition) is 1. The van der Waals surface area contributed by atoms with Crippen LogP contribution in [0.15, 0.2) is 36.5 Å². The molecule has 1 atom stereocenters. The van der Waals surface area contributed by atoms with E-state index in [1.165, 1.54) is 0 Å². The summed E-state index contributed by atoms with van der Waals surface area (Å²) in [5.41, 5.74) is 0.573. The second-order valence-electron chi connectivity index (χ2n) is 5.31. The molecule has 2 aromatic rings. The number of benzene rings is 1. The molecule has 4 heteroatoms. The lowest BCUT2D eigenvalue weighted by molar-refractivity contribution is 0.0565. The lowest BCUT2D eigenvalue weighted by atomic mass is 9.91. The van der Waals surface area contributed by atoms with E-state index in [0.717, 1.165) is 11.3 Å². The molecule has 0 amide bonds. The van der Waals surface area contributed by atoms with Gasteiger partial charge in [0.2, 0.25) is 0 Å². The van der Waals surface area contributed by atoms with E-state index in [0.29, 0.717) is 17.5 Å². The first-order valence-corrected chi connectivity index (χ1v) is 6.79. The Bertz CT molecular complexity index is 561. The molecule has 0 fully saturated rings. The molecule has 1 aromatic carbocycles. The summed E-state index contributed by atoms with van der Waals surface area (Å²) in [6.45, 7) is 5.91. The molecule has 0 saturated heterocycles. The van der Waals surface area contributed by atoms with Crippen molar-refractivity contribution in [1.82, 2.24) is 9.78 Å². The van der Waals surface area contributed by atoms with Crippen molar-refractivity contribution in [2.75, 3.05) is 0 Å². The molecule has 1 unspecified atom stereocenters. The minimum atomic E-state index is -1.02. The SMILES string of the molecule is CC(C)n1ccc(CC(C)(O)c2ccccc2Cl)n1. The van der Waals surface area contributed by atoms with E-state index in [1.807, 2.05) is 35.1 Å². The van der Waals surface area contributed by atoms with Gasteiger partial charge in [-0.2, -0.15) is 5.10 Å². The molecule has 3 nitrogen and oxygen atoms in total. The van der Waals surface area contributed by atoms with Gasteiger partial charge in [0.05, 0.1) is 11.3 Å². The zero-order chi connectivity index (χ0) is 14.0. The maximum atomic E-state index is 10.6. The number of rotatable bonds is 4. The average molecular weight is 279 g/mol. The van der Waals surface area contributed by atoms with Crippen LogP contribution in [-0.4, -0.2) is 14.9 Å². The molecule has 1 N–H and O–H groups in total. The van der Waals surface area contributed by atoms with Gasteiger partial charge in [-0.25, -0.2) is 0 Å². The smallest absolute Gasteiger partial charge is 0.0938 e. The highest BCUT2D eigenvalue weighted by atomic mass is 35.5. The number of aliphatic hydroxyl groups is 1. The van der Waals surface area contributed by atoms with E-state index < -0.39 is 5.60 Å². The number of nitrogens with zero attached hydrogens (tertiary/aromatic N) is 2. The van der Waals surface area contributed by atoms with Crippen molar-refractivity contribution in [1.29, 1.82) is 0 Å². The van der Waals surface area contributed by atoms with Crippen LogP contribution in [0.4, 0.5) is 0 Å². The Morgan fingerprint density at radius 1 is 1.32 bits per heavy atom. The van der Waals surface area contributed by atoms with E-state index in [4.69, 9.17) is 11.6 Å². The number of hydrogen-bond acceptors (Lipinski definition) is 2. The summed E-state index contributed by atoms with van der Waals surface area (Å²) in [6, 6.07) is 9.63. The summed E-state index contributed by atoms with van der Waals surface area (Å²) < 4.78 is 1.89. The first-order chi connectivity index (χ1) is 8.90. The van der Waals surface area contributed by atoms with Gasteiger partial charge >= 0.3 is 0 Å². The lowest BCUT2D eigenvalue weighted by Gasteiger charge is -2.24. The van der Waals surface area contributed by atoms with Crippen molar-refractivity contribution in [3.8, 4) is 0 Å². The van der Waals surface area contributed by atoms with Crippen molar-refractivity contribution < 1.29 is 5.11 Å². The third-order valence-electron chi connectivity index (χ3n) is 3.17. The fourth-order valence-corrected chi connectivity index (χ4v) is 2.44. The molecule has 19 heavy (non-hydrogen) atoms. The van der Waals surface area contributed by atoms with Gasteiger partial charge in [-0.05, 0) is 32.9 Å². The normalized spacial score (nSPS) is 14.6. The topological polar surface area (TPSA) is 38.0 Å². The summed E-state index contributed by atoms with van der Waals surface area (Å²) in [4.78, 5) is 0. The quantitative estimate of drug-likeness (QED) is 0.928. The summed E-state index contributed by atoms with van der Waals surface area (Å²) >= 11 is 6.15. The van der Waals surface area contributed by atoms with Crippen LogP contribution in [0.3, 0.4) is 0 Å². The molecule has 0 radical (unpaired) electrons. The van der Waals surface area contributed by atoms with Gasteiger partial charge in [0.25, 0.3) is 0 Å². The summed E-state index contributed by atoms with van der Waals surface area (Å²) in [5.74, 6) is 0. The Morgan fingerprint density at radius 2 is 2.00 bits per heavy atom. The van der Waals surface area contributed by atoms with E-state index in [9.17, 15) is 5.11 Å². The minimum absolute atomic E-state index is 0.319. The van der Waals surface area contributed by atoms with Crippen LogP contribution in [0.5, 0.6) is 0 Å². The van der Waals surface area contributed by atoms with Crippen LogP contribution in [0, 0.1) is 0 Å². The fourth-order valence-electron chi connectivity index (χ4n) is 2.11. The van der Waals surface area contributed by atoms with Gasteiger partial charge in [0.15, 0.2) is 0 Å². The van der Waals surface area contributed by atoms with Crippen LogP contribution in [0.1, 0.15) is 38.1 Å². The van der Waals surface area contributed by atoms with Crippen LogP contribution >= 0.6 is 11.6 Å². The largest absolute Gasteiger partial charge is 0.385 e. The molecule has 2 rings (SSSR count). The summed E-state index contributed by atoms with van der Waals surface area (Å²) in [5, 5.41) is 15.7. The Hall–Kier alpha value is -1.32. The molecule has 0 bridgehead atoms. The molecular weight excluding hydrogens is 260 g/mol. The van der Waals surface area contributed by atoms with E-state index >= 15 is 0 Å². The van der Waals surface area contributed by atoms with Gasteiger partial charge in [-0.3, -0.25) is 4.68 Å². The molecule has 102 valence electrons. The predicted octanol–water partition coefficient (Wildman–Crippen LogP) is 3.57. The van der Waals surface area contributed by atoms with Gasteiger partial charge in [0.1, 0.15) is 0 Å². The van der Waals surface area contributed by atoms with Crippen LogP contribution in [0.25, 0.3) is 0 Å². The van der Waals surface area contributed by atoms with Crippen molar-refractivity contribution in [2.24, 2.45) is 0 Å². The maximum Gasteiger partial charge on any atom is 0.0938 e. The van der Waals surface area contributed by atoms with E-state index in [1.54, 1.807) is 13.0 Å². The molecule has 0 aliphatic rings. The Balaban J connectivity index is 2.23. The second-order valence-corrected chi connectivity index (χ2v) is 5.72.